The Bertz CT molecular complexity index is 403. The Balaban J connectivity index is 1.98. The zero-order valence-electron chi connectivity index (χ0n) is 10.7. The first-order valence-electron chi connectivity index (χ1n) is 6.41. The number of halogens is 1. The lowest BCUT2D eigenvalue weighted by atomic mass is 10.0. The second kappa shape index (κ2) is 6.04. The van der Waals surface area contributed by atoms with Gasteiger partial charge in [0.1, 0.15) is 12.4 Å². The third-order valence-corrected chi connectivity index (χ3v) is 4.20. The standard InChI is InChI=1S/C14H20BrNO2/c1-16-9-11-8-12(4-5-13(11)15)18-10-14(17)6-2-3-7-14/h4-5,8,16-17H,2-3,6-7,9-10H2,1H3. The second-order valence-corrected chi connectivity index (χ2v) is 5.86. The number of hydrogen-bond acceptors (Lipinski definition) is 3. The van der Waals surface area contributed by atoms with E-state index in [1.54, 1.807) is 0 Å². The minimum Gasteiger partial charge on any atom is -0.491 e. The minimum absolute atomic E-state index is 0.396. The van der Waals surface area contributed by atoms with Gasteiger partial charge in [0.05, 0.1) is 5.60 Å². The summed E-state index contributed by atoms with van der Waals surface area (Å²) >= 11 is 3.51. The highest BCUT2D eigenvalue weighted by Crippen LogP contribution is 2.30. The monoisotopic (exact) mass is 313 g/mol. The first kappa shape index (κ1) is 13.8. The van der Waals surface area contributed by atoms with Crippen LogP contribution >= 0.6 is 15.9 Å². The van der Waals surface area contributed by atoms with Crippen LogP contribution in [0, 0.1) is 0 Å². The number of nitrogens with one attached hydrogen (secondary N) is 1. The molecule has 0 saturated heterocycles. The van der Waals surface area contributed by atoms with Crippen molar-refractivity contribution in [1.29, 1.82) is 0 Å². The molecule has 4 heteroatoms. The molecule has 100 valence electrons. The molecule has 1 aliphatic carbocycles. The van der Waals surface area contributed by atoms with Crippen LogP contribution in [0.3, 0.4) is 0 Å². The average molecular weight is 314 g/mol. The van der Waals surface area contributed by atoms with Crippen LogP contribution in [0.15, 0.2) is 22.7 Å². The molecule has 0 bridgehead atoms. The quantitative estimate of drug-likeness (QED) is 0.878. The van der Waals surface area contributed by atoms with E-state index < -0.39 is 5.60 Å². The molecule has 0 aliphatic heterocycles. The smallest absolute Gasteiger partial charge is 0.119 e. The Kier molecular flexibility index (Phi) is 4.65. The molecule has 1 aromatic carbocycles. The van der Waals surface area contributed by atoms with Crippen molar-refractivity contribution in [2.45, 2.75) is 37.8 Å². The van der Waals surface area contributed by atoms with E-state index in [0.717, 1.165) is 48.0 Å². The summed E-state index contributed by atoms with van der Waals surface area (Å²) in [5, 5.41) is 13.4. The molecule has 1 saturated carbocycles. The molecule has 2 rings (SSSR count). The number of rotatable bonds is 5. The summed E-state index contributed by atoms with van der Waals surface area (Å²) in [6, 6.07) is 5.93. The summed E-state index contributed by atoms with van der Waals surface area (Å²) < 4.78 is 6.81. The predicted molar refractivity (Wildman–Crippen MR) is 75.8 cm³/mol. The van der Waals surface area contributed by atoms with Crippen LogP contribution in [0.25, 0.3) is 0 Å². The van der Waals surface area contributed by atoms with Crippen molar-refractivity contribution < 1.29 is 9.84 Å². The van der Waals surface area contributed by atoms with Gasteiger partial charge in [-0.2, -0.15) is 0 Å². The fourth-order valence-electron chi connectivity index (χ4n) is 2.36. The molecule has 3 nitrogen and oxygen atoms in total. The Labute approximate surface area is 117 Å². The van der Waals surface area contributed by atoms with Crippen LogP contribution in [0.5, 0.6) is 5.75 Å². The number of benzene rings is 1. The molecular formula is C14H20BrNO2. The van der Waals surface area contributed by atoms with Crippen molar-refractivity contribution in [2.75, 3.05) is 13.7 Å². The highest BCUT2D eigenvalue weighted by atomic mass is 79.9. The van der Waals surface area contributed by atoms with Crippen molar-refractivity contribution in [2.24, 2.45) is 0 Å². The van der Waals surface area contributed by atoms with E-state index in [0.29, 0.717) is 6.61 Å². The fraction of sp³-hybridized carbons (Fsp3) is 0.571. The van der Waals surface area contributed by atoms with Crippen LogP contribution in [0.1, 0.15) is 31.2 Å². The van der Waals surface area contributed by atoms with Gasteiger partial charge in [-0.15, -0.1) is 0 Å². The molecule has 2 N–H and O–H groups in total. The third kappa shape index (κ3) is 3.46. The number of aliphatic hydroxyl groups is 1. The van der Waals surface area contributed by atoms with E-state index in [4.69, 9.17) is 4.74 Å². The van der Waals surface area contributed by atoms with Crippen molar-refractivity contribution >= 4 is 15.9 Å². The van der Waals surface area contributed by atoms with Crippen LogP contribution < -0.4 is 10.1 Å². The predicted octanol–water partition coefficient (Wildman–Crippen LogP) is 2.85. The first-order valence-corrected chi connectivity index (χ1v) is 7.20. The second-order valence-electron chi connectivity index (χ2n) is 5.00. The molecule has 1 aromatic rings. The SMILES string of the molecule is CNCc1cc(OCC2(O)CCCC2)ccc1Br. The normalized spacial score (nSPS) is 17.9. The Morgan fingerprint density at radius 2 is 2.11 bits per heavy atom. The molecule has 0 aromatic heterocycles. The number of hydrogen-bond donors (Lipinski definition) is 2. The van der Waals surface area contributed by atoms with Gasteiger partial charge in [-0.25, -0.2) is 0 Å². The van der Waals surface area contributed by atoms with Gasteiger partial charge in [0, 0.05) is 11.0 Å². The van der Waals surface area contributed by atoms with Crippen molar-refractivity contribution in [3.63, 3.8) is 0 Å². The van der Waals surface area contributed by atoms with E-state index in [2.05, 4.69) is 21.2 Å². The Hall–Kier alpha value is -0.580. The summed E-state index contributed by atoms with van der Waals surface area (Å²) in [5.41, 5.74) is 0.546. The van der Waals surface area contributed by atoms with Gasteiger partial charge in [0.15, 0.2) is 0 Å². The lowest BCUT2D eigenvalue weighted by Crippen LogP contribution is -2.32. The van der Waals surface area contributed by atoms with E-state index in [-0.39, 0.29) is 0 Å². The molecule has 0 spiro atoms. The highest BCUT2D eigenvalue weighted by molar-refractivity contribution is 9.10. The maximum Gasteiger partial charge on any atom is 0.119 e. The lowest BCUT2D eigenvalue weighted by molar-refractivity contribution is 0.00138. The van der Waals surface area contributed by atoms with Crippen LogP contribution in [0.2, 0.25) is 0 Å². The summed E-state index contributed by atoms with van der Waals surface area (Å²) in [7, 11) is 1.92. The fourth-order valence-corrected chi connectivity index (χ4v) is 2.75. The topological polar surface area (TPSA) is 41.5 Å². The molecule has 0 atom stereocenters. The average Bonchev–Trinajstić information content (AvgIpc) is 2.78. The highest BCUT2D eigenvalue weighted by Gasteiger charge is 2.31. The van der Waals surface area contributed by atoms with Crippen molar-refractivity contribution in [1.82, 2.24) is 5.32 Å². The summed E-state index contributed by atoms with van der Waals surface area (Å²) in [6.07, 6.45) is 3.91. The van der Waals surface area contributed by atoms with Crippen LogP contribution in [-0.4, -0.2) is 24.4 Å². The van der Waals surface area contributed by atoms with Gasteiger partial charge >= 0.3 is 0 Å². The first-order chi connectivity index (χ1) is 8.63. The summed E-state index contributed by atoms with van der Waals surface area (Å²) in [5.74, 6) is 0.823. The molecule has 0 amide bonds. The van der Waals surface area contributed by atoms with Gasteiger partial charge in [-0.1, -0.05) is 28.8 Å². The maximum atomic E-state index is 10.2. The van der Waals surface area contributed by atoms with E-state index >= 15 is 0 Å². The van der Waals surface area contributed by atoms with Crippen LogP contribution in [-0.2, 0) is 6.54 Å². The van der Waals surface area contributed by atoms with Crippen LogP contribution in [0.4, 0.5) is 0 Å². The number of ether oxygens (including phenoxy) is 1. The molecule has 0 heterocycles. The Morgan fingerprint density at radius 1 is 1.39 bits per heavy atom. The zero-order valence-corrected chi connectivity index (χ0v) is 12.3. The summed E-state index contributed by atoms with van der Waals surface area (Å²) in [4.78, 5) is 0. The molecule has 1 aliphatic rings. The van der Waals surface area contributed by atoms with Gasteiger partial charge in [-0.05, 0) is 43.7 Å². The zero-order chi connectivity index (χ0) is 13.0. The summed E-state index contributed by atoms with van der Waals surface area (Å²) in [6.45, 7) is 1.19. The molecule has 0 radical (unpaired) electrons. The molecule has 1 fully saturated rings. The Morgan fingerprint density at radius 3 is 2.78 bits per heavy atom. The molecule has 18 heavy (non-hydrogen) atoms. The minimum atomic E-state index is -0.615. The lowest BCUT2D eigenvalue weighted by Gasteiger charge is -2.22. The van der Waals surface area contributed by atoms with Gasteiger partial charge in [0.2, 0.25) is 0 Å². The van der Waals surface area contributed by atoms with Crippen molar-refractivity contribution in [3.05, 3.63) is 28.2 Å². The van der Waals surface area contributed by atoms with E-state index in [1.165, 1.54) is 0 Å². The molecular weight excluding hydrogens is 294 g/mol. The molecule has 0 unspecified atom stereocenters. The third-order valence-electron chi connectivity index (χ3n) is 3.43. The maximum absolute atomic E-state index is 10.2. The van der Waals surface area contributed by atoms with Gasteiger partial charge in [-0.3, -0.25) is 0 Å². The largest absolute Gasteiger partial charge is 0.491 e. The van der Waals surface area contributed by atoms with Crippen molar-refractivity contribution in [3.8, 4) is 5.75 Å². The van der Waals surface area contributed by atoms with Gasteiger partial charge < -0.3 is 15.2 Å². The van der Waals surface area contributed by atoms with Gasteiger partial charge in [0.25, 0.3) is 0 Å². The van der Waals surface area contributed by atoms with E-state index in [9.17, 15) is 5.11 Å². The van der Waals surface area contributed by atoms with E-state index in [1.807, 2.05) is 25.2 Å².